The third-order valence-electron chi connectivity index (χ3n) is 3.90. The van der Waals surface area contributed by atoms with Crippen molar-refractivity contribution in [2.45, 2.75) is 19.1 Å². The van der Waals surface area contributed by atoms with E-state index in [0.717, 1.165) is 11.3 Å². The third-order valence-corrected chi connectivity index (χ3v) is 5.60. The molecule has 0 fully saturated rings. The maximum absolute atomic E-state index is 12.2. The minimum atomic E-state index is -3.48. The Kier molecular flexibility index (Phi) is 5.76. The van der Waals surface area contributed by atoms with E-state index in [1.807, 2.05) is 37.3 Å². The number of nitrogens with one attached hydrogen (secondary N) is 1. The molecule has 0 saturated heterocycles. The van der Waals surface area contributed by atoms with Gasteiger partial charge in [-0.25, -0.2) is 18.1 Å². The third kappa shape index (κ3) is 4.72. The van der Waals surface area contributed by atoms with Crippen LogP contribution in [-0.2, 0) is 22.2 Å². The summed E-state index contributed by atoms with van der Waals surface area (Å²) >= 11 is 6.03. The molecule has 0 saturated carbocycles. The normalized spacial score (nSPS) is 11.6. The maximum Gasteiger partial charge on any atom is 0.226 e. The zero-order valence-corrected chi connectivity index (χ0v) is 15.8. The first-order valence-corrected chi connectivity index (χ1v) is 10.2. The summed E-state index contributed by atoms with van der Waals surface area (Å²) in [4.78, 5) is 4.48. The van der Waals surface area contributed by atoms with Gasteiger partial charge in [-0.05, 0) is 30.7 Å². The van der Waals surface area contributed by atoms with E-state index in [2.05, 4.69) is 9.71 Å². The van der Waals surface area contributed by atoms with Gasteiger partial charge in [0.05, 0.1) is 11.4 Å². The van der Waals surface area contributed by atoms with Crippen LogP contribution in [0.3, 0.4) is 0 Å². The molecular formula is C19H19ClN2O3S. The van der Waals surface area contributed by atoms with Gasteiger partial charge in [-0.2, -0.15) is 0 Å². The Morgan fingerprint density at radius 1 is 1.08 bits per heavy atom. The largest absolute Gasteiger partial charge is 0.441 e. The van der Waals surface area contributed by atoms with E-state index in [1.165, 1.54) is 0 Å². The fourth-order valence-electron chi connectivity index (χ4n) is 2.56. The molecule has 0 spiro atoms. The van der Waals surface area contributed by atoms with Gasteiger partial charge in [-0.1, -0.05) is 48.0 Å². The van der Waals surface area contributed by atoms with E-state index in [9.17, 15) is 8.42 Å². The average Bonchev–Trinajstić information content (AvgIpc) is 2.98. The molecule has 1 N–H and O–H groups in total. The molecule has 7 heteroatoms. The highest BCUT2D eigenvalue weighted by molar-refractivity contribution is 7.88. The van der Waals surface area contributed by atoms with Gasteiger partial charge in [0.2, 0.25) is 15.9 Å². The number of halogens is 1. The van der Waals surface area contributed by atoms with E-state index in [-0.39, 0.29) is 12.3 Å². The van der Waals surface area contributed by atoms with Crippen molar-refractivity contribution < 1.29 is 12.8 Å². The quantitative estimate of drug-likeness (QED) is 0.662. The molecule has 0 aliphatic heterocycles. The summed E-state index contributed by atoms with van der Waals surface area (Å²) in [6.07, 6.45) is 0.448. The average molecular weight is 391 g/mol. The van der Waals surface area contributed by atoms with Crippen LogP contribution >= 0.6 is 11.6 Å². The molecule has 3 aromatic rings. The second-order valence-corrected chi connectivity index (χ2v) is 8.10. The Balaban J connectivity index is 1.61. The van der Waals surface area contributed by atoms with Crippen molar-refractivity contribution in [3.63, 3.8) is 0 Å². The monoisotopic (exact) mass is 390 g/mol. The summed E-state index contributed by atoms with van der Waals surface area (Å²) in [7, 11) is -3.48. The van der Waals surface area contributed by atoms with Gasteiger partial charge < -0.3 is 4.42 Å². The molecule has 1 aromatic heterocycles. The molecule has 0 atom stereocenters. The number of oxazole rings is 1. The van der Waals surface area contributed by atoms with Gasteiger partial charge in [0.25, 0.3) is 0 Å². The lowest BCUT2D eigenvalue weighted by Gasteiger charge is -2.07. The molecular weight excluding hydrogens is 372 g/mol. The predicted molar refractivity (Wildman–Crippen MR) is 102 cm³/mol. The van der Waals surface area contributed by atoms with Crippen molar-refractivity contribution in [2.75, 3.05) is 6.54 Å². The molecule has 1 heterocycles. The molecule has 0 aliphatic rings. The Morgan fingerprint density at radius 3 is 2.50 bits per heavy atom. The number of sulfonamides is 1. The molecule has 26 heavy (non-hydrogen) atoms. The van der Waals surface area contributed by atoms with Crippen molar-refractivity contribution in [2.24, 2.45) is 0 Å². The topological polar surface area (TPSA) is 72.2 Å². The van der Waals surface area contributed by atoms with Crippen LogP contribution in [0.25, 0.3) is 11.5 Å². The van der Waals surface area contributed by atoms with Crippen LogP contribution in [0, 0.1) is 6.92 Å². The summed E-state index contributed by atoms with van der Waals surface area (Å²) in [5, 5.41) is 0.442. The molecule has 0 unspecified atom stereocenters. The van der Waals surface area contributed by atoms with E-state index in [0.29, 0.717) is 28.7 Å². The Morgan fingerprint density at radius 2 is 1.77 bits per heavy atom. The van der Waals surface area contributed by atoms with Crippen LogP contribution in [0.5, 0.6) is 0 Å². The van der Waals surface area contributed by atoms with Crippen molar-refractivity contribution >= 4 is 21.6 Å². The zero-order chi connectivity index (χ0) is 18.6. The number of aryl methyl sites for hydroxylation is 1. The second kappa shape index (κ2) is 8.03. The van der Waals surface area contributed by atoms with Gasteiger partial charge in [0.15, 0.2) is 0 Å². The van der Waals surface area contributed by atoms with E-state index in [1.54, 1.807) is 24.3 Å². The van der Waals surface area contributed by atoms with Crippen molar-refractivity contribution in [3.05, 3.63) is 76.6 Å². The molecule has 5 nitrogen and oxygen atoms in total. The summed E-state index contributed by atoms with van der Waals surface area (Å²) in [6.45, 7) is 2.07. The Hall–Kier alpha value is -2.15. The van der Waals surface area contributed by atoms with Crippen LogP contribution in [0.2, 0.25) is 5.02 Å². The van der Waals surface area contributed by atoms with Gasteiger partial charge in [0, 0.05) is 23.6 Å². The zero-order valence-electron chi connectivity index (χ0n) is 14.3. The Labute approximate surface area is 158 Å². The van der Waals surface area contributed by atoms with Crippen LogP contribution in [0.15, 0.2) is 59.0 Å². The van der Waals surface area contributed by atoms with Crippen LogP contribution < -0.4 is 4.72 Å². The number of rotatable bonds is 7. The maximum atomic E-state index is 12.2. The van der Waals surface area contributed by atoms with Crippen LogP contribution in [0.1, 0.15) is 17.0 Å². The smallest absolute Gasteiger partial charge is 0.226 e. The van der Waals surface area contributed by atoms with Gasteiger partial charge in [-0.15, -0.1) is 0 Å². The first-order valence-electron chi connectivity index (χ1n) is 8.17. The minimum absolute atomic E-state index is 0.153. The summed E-state index contributed by atoms with van der Waals surface area (Å²) < 4.78 is 32.8. The molecule has 3 rings (SSSR count). The first-order chi connectivity index (χ1) is 12.4. The summed E-state index contributed by atoms with van der Waals surface area (Å²) in [6, 6.07) is 16.5. The molecule has 0 radical (unpaired) electrons. The highest BCUT2D eigenvalue weighted by Crippen LogP contribution is 2.21. The number of aromatic nitrogens is 1. The molecule has 2 aromatic carbocycles. The number of hydrogen-bond donors (Lipinski definition) is 1. The fourth-order valence-corrected chi connectivity index (χ4v) is 4.02. The lowest BCUT2D eigenvalue weighted by atomic mass is 10.2. The lowest BCUT2D eigenvalue weighted by molar-refractivity contribution is 0.538. The van der Waals surface area contributed by atoms with Crippen LogP contribution in [-0.4, -0.2) is 19.9 Å². The summed E-state index contributed by atoms with van der Waals surface area (Å²) in [5.74, 6) is 1.07. The number of hydrogen-bond acceptors (Lipinski definition) is 4. The van der Waals surface area contributed by atoms with Crippen LogP contribution in [0.4, 0.5) is 0 Å². The Bertz CT molecular complexity index is 985. The van der Waals surface area contributed by atoms with E-state index in [4.69, 9.17) is 16.0 Å². The summed E-state index contributed by atoms with van der Waals surface area (Å²) in [5.41, 5.74) is 2.20. The highest BCUT2D eigenvalue weighted by Gasteiger charge is 2.15. The van der Waals surface area contributed by atoms with Gasteiger partial charge >= 0.3 is 0 Å². The van der Waals surface area contributed by atoms with Crippen molar-refractivity contribution in [1.29, 1.82) is 0 Å². The molecule has 0 amide bonds. The molecule has 0 bridgehead atoms. The first kappa shape index (κ1) is 18.6. The molecule has 0 aliphatic carbocycles. The van der Waals surface area contributed by atoms with Crippen molar-refractivity contribution in [3.8, 4) is 11.5 Å². The predicted octanol–water partition coefficient (Wildman–Crippen LogP) is 3.97. The van der Waals surface area contributed by atoms with Gasteiger partial charge in [-0.3, -0.25) is 0 Å². The van der Waals surface area contributed by atoms with Crippen molar-refractivity contribution in [1.82, 2.24) is 9.71 Å². The number of nitrogens with zero attached hydrogens (tertiary/aromatic N) is 1. The highest BCUT2D eigenvalue weighted by atomic mass is 35.5. The van der Waals surface area contributed by atoms with E-state index < -0.39 is 10.0 Å². The lowest BCUT2D eigenvalue weighted by Crippen LogP contribution is -2.27. The standard InChI is InChI=1S/C19H19ClN2O3S/c1-14-18(22-19(25-14)15-7-3-2-4-8-15)11-12-21-26(23,24)13-16-9-5-6-10-17(16)20/h2-10,21H,11-13H2,1H3. The fraction of sp³-hybridized carbons (Fsp3) is 0.211. The minimum Gasteiger partial charge on any atom is -0.441 e. The van der Waals surface area contributed by atoms with E-state index >= 15 is 0 Å². The molecule has 136 valence electrons. The second-order valence-electron chi connectivity index (χ2n) is 5.88. The SMILES string of the molecule is Cc1oc(-c2ccccc2)nc1CCNS(=O)(=O)Cc1ccccc1Cl. The van der Waals surface area contributed by atoms with Gasteiger partial charge in [0.1, 0.15) is 5.76 Å². The number of benzene rings is 2.